The number of fused-ring (bicyclic) bond motifs is 1. The predicted octanol–water partition coefficient (Wildman–Crippen LogP) is 3.51. The summed E-state index contributed by atoms with van der Waals surface area (Å²) in [5.74, 6) is 1.48. The normalized spacial score (nSPS) is 18.0. The molecule has 1 atom stereocenters. The smallest absolute Gasteiger partial charge is 0.160 e. The third-order valence-electron chi connectivity index (χ3n) is 5.56. The van der Waals surface area contributed by atoms with Crippen LogP contribution in [-0.4, -0.2) is 42.4 Å². The number of nitrogens with zero attached hydrogens (tertiary/aromatic N) is 6. The van der Waals surface area contributed by atoms with Crippen molar-refractivity contribution in [1.29, 1.82) is 0 Å². The van der Waals surface area contributed by atoms with Gasteiger partial charge in [-0.15, -0.1) is 10.2 Å². The van der Waals surface area contributed by atoms with Crippen molar-refractivity contribution in [3.05, 3.63) is 72.3 Å². The highest BCUT2D eigenvalue weighted by molar-refractivity contribution is 5.62. The molecule has 1 aromatic carbocycles. The van der Waals surface area contributed by atoms with E-state index >= 15 is 0 Å². The van der Waals surface area contributed by atoms with Gasteiger partial charge >= 0.3 is 0 Å². The van der Waals surface area contributed by atoms with Crippen LogP contribution >= 0.6 is 0 Å². The molecule has 4 heterocycles. The molecule has 5 rings (SSSR count). The number of rotatable bonds is 4. The zero-order valence-electron chi connectivity index (χ0n) is 16.1. The summed E-state index contributed by atoms with van der Waals surface area (Å²) in [4.78, 5) is 2.53. The van der Waals surface area contributed by atoms with Gasteiger partial charge in [0.1, 0.15) is 5.82 Å². The zero-order valence-corrected chi connectivity index (χ0v) is 16.1. The third kappa shape index (κ3) is 3.20. The third-order valence-corrected chi connectivity index (χ3v) is 5.56. The van der Waals surface area contributed by atoms with Gasteiger partial charge in [-0.3, -0.25) is 14.0 Å². The highest BCUT2D eigenvalue weighted by Gasteiger charge is 2.26. The van der Waals surface area contributed by atoms with E-state index in [1.165, 1.54) is 17.5 Å². The number of aryl methyl sites for hydroxylation is 1. The van der Waals surface area contributed by atoms with E-state index in [0.29, 0.717) is 5.92 Å². The van der Waals surface area contributed by atoms with Crippen LogP contribution in [0.5, 0.6) is 0 Å². The van der Waals surface area contributed by atoms with E-state index in [1.807, 2.05) is 36.0 Å². The summed E-state index contributed by atoms with van der Waals surface area (Å²) in [5, 5.41) is 13.6. The maximum absolute atomic E-state index is 4.72. The molecule has 0 radical (unpaired) electrons. The molecule has 28 heavy (non-hydrogen) atoms. The monoisotopic (exact) mass is 372 g/mol. The van der Waals surface area contributed by atoms with Crippen molar-refractivity contribution >= 4 is 5.65 Å². The van der Waals surface area contributed by atoms with Crippen molar-refractivity contribution in [2.45, 2.75) is 25.3 Å². The van der Waals surface area contributed by atoms with E-state index in [1.54, 1.807) is 0 Å². The molecule has 1 saturated heterocycles. The lowest BCUT2D eigenvalue weighted by molar-refractivity contribution is 0.196. The Hall–Kier alpha value is -2.99. The van der Waals surface area contributed by atoms with Gasteiger partial charge in [-0.2, -0.15) is 5.10 Å². The van der Waals surface area contributed by atoms with Crippen LogP contribution in [-0.2, 0) is 13.6 Å². The molecule has 0 amide bonds. The summed E-state index contributed by atoms with van der Waals surface area (Å²) in [5.41, 5.74) is 4.46. The van der Waals surface area contributed by atoms with Crippen LogP contribution in [0.25, 0.3) is 16.9 Å². The Bertz CT molecular complexity index is 1080. The van der Waals surface area contributed by atoms with Gasteiger partial charge < -0.3 is 0 Å². The topological polar surface area (TPSA) is 51.2 Å². The molecule has 0 spiro atoms. The highest BCUT2D eigenvalue weighted by Crippen LogP contribution is 2.29. The largest absolute Gasteiger partial charge is 0.298 e. The van der Waals surface area contributed by atoms with Crippen LogP contribution < -0.4 is 0 Å². The number of aromatic nitrogens is 5. The summed E-state index contributed by atoms with van der Waals surface area (Å²) < 4.78 is 4.05. The van der Waals surface area contributed by atoms with Crippen LogP contribution in [0.4, 0.5) is 0 Å². The average molecular weight is 372 g/mol. The molecule has 3 aromatic heterocycles. The molecule has 1 aliphatic rings. The molecule has 0 saturated carbocycles. The summed E-state index contributed by atoms with van der Waals surface area (Å²) in [6, 6.07) is 16.5. The Morgan fingerprint density at radius 3 is 2.79 bits per heavy atom. The second-order valence-corrected chi connectivity index (χ2v) is 7.60. The molecule has 1 unspecified atom stereocenters. The molecular weight excluding hydrogens is 348 g/mol. The number of hydrogen-bond acceptors (Lipinski definition) is 4. The van der Waals surface area contributed by atoms with Gasteiger partial charge in [-0.1, -0.05) is 36.4 Å². The first-order valence-corrected chi connectivity index (χ1v) is 9.88. The standard InChI is InChI=1S/C22H24N6/c1-26-14-19(21(25-26)17-8-3-2-4-9-17)16-27-12-7-10-18(15-27)22-24-23-20-11-5-6-13-28(20)22/h2-6,8-9,11,13-14,18H,7,10,12,15-16H2,1H3. The first-order valence-electron chi connectivity index (χ1n) is 9.88. The maximum Gasteiger partial charge on any atom is 0.160 e. The van der Waals surface area contributed by atoms with Crippen LogP contribution in [0.2, 0.25) is 0 Å². The van der Waals surface area contributed by atoms with E-state index in [4.69, 9.17) is 5.10 Å². The summed E-state index contributed by atoms with van der Waals surface area (Å²) in [7, 11) is 2.00. The van der Waals surface area contributed by atoms with E-state index in [0.717, 1.165) is 43.2 Å². The molecule has 4 aromatic rings. The SMILES string of the molecule is Cn1cc(CN2CCCC(c3nnc4ccccn34)C2)c(-c2ccccc2)n1. The number of pyridine rings is 1. The average Bonchev–Trinajstić information content (AvgIpc) is 3.32. The highest BCUT2D eigenvalue weighted by atomic mass is 15.3. The minimum atomic E-state index is 0.406. The molecule has 6 nitrogen and oxygen atoms in total. The number of likely N-dealkylation sites (tertiary alicyclic amines) is 1. The van der Waals surface area contributed by atoms with Crippen molar-refractivity contribution < 1.29 is 0 Å². The maximum atomic E-state index is 4.72. The van der Waals surface area contributed by atoms with Gasteiger partial charge in [0, 0.05) is 49.6 Å². The minimum Gasteiger partial charge on any atom is -0.298 e. The van der Waals surface area contributed by atoms with Crippen molar-refractivity contribution in [2.24, 2.45) is 7.05 Å². The molecule has 1 aliphatic heterocycles. The fourth-order valence-corrected chi connectivity index (χ4v) is 4.28. The molecule has 0 aliphatic carbocycles. The van der Waals surface area contributed by atoms with E-state index in [2.05, 4.69) is 56.2 Å². The summed E-state index contributed by atoms with van der Waals surface area (Å²) in [6.07, 6.45) is 6.55. The van der Waals surface area contributed by atoms with E-state index in [-0.39, 0.29) is 0 Å². The van der Waals surface area contributed by atoms with Crippen molar-refractivity contribution in [3.8, 4) is 11.3 Å². The van der Waals surface area contributed by atoms with Crippen LogP contribution in [0, 0.1) is 0 Å². The Morgan fingerprint density at radius 2 is 1.89 bits per heavy atom. The second-order valence-electron chi connectivity index (χ2n) is 7.60. The van der Waals surface area contributed by atoms with E-state index in [9.17, 15) is 0 Å². The Labute approximate surface area is 164 Å². The molecule has 0 N–H and O–H groups in total. The van der Waals surface area contributed by atoms with Gasteiger partial charge in [0.2, 0.25) is 0 Å². The molecule has 0 bridgehead atoms. The molecule has 142 valence electrons. The Balaban J connectivity index is 1.38. The van der Waals surface area contributed by atoms with Crippen LogP contribution in [0.15, 0.2) is 60.9 Å². The molecule has 1 fully saturated rings. The molecular formula is C22H24N6. The minimum absolute atomic E-state index is 0.406. The lowest BCUT2D eigenvalue weighted by Gasteiger charge is -2.31. The van der Waals surface area contributed by atoms with Gasteiger partial charge in [0.15, 0.2) is 5.65 Å². The van der Waals surface area contributed by atoms with Gasteiger partial charge in [-0.25, -0.2) is 0 Å². The van der Waals surface area contributed by atoms with Gasteiger partial charge in [0.05, 0.1) is 5.69 Å². The zero-order chi connectivity index (χ0) is 18.9. The van der Waals surface area contributed by atoms with Gasteiger partial charge in [0.25, 0.3) is 0 Å². The van der Waals surface area contributed by atoms with Crippen LogP contribution in [0.1, 0.15) is 30.1 Å². The Kier molecular flexibility index (Phi) is 4.41. The fourth-order valence-electron chi connectivity index (χ4n) is 4.28. The molecule has 6 heteroatoms. The quantitative estimate of drug-likeness (QED) is 0.550. The fraction of sp³-hybridized carbons (Fsp3) is 0.318. The predicted molar refractivity (Wildman–Crippen MR) is 109 cm³/mol. The number of hydrogen-bond donors (Lipinski definition) is 0. The van der Waals surface area contributed by atoms with Crippen molar-refractivity contribution in [3.63, 3.8) is 0 Å². The first kappa shape index (κ1) is 17.1. The summed E-state index contributed by atoms with van der Waals surface area (Å²) in [6.45, 7) is 3.01. The van der Waals surface area contributed by atoms with E-state index < -0.39 is 0 Å². The van der Waals surface area contributed by atoms with Gasteiger partial charge in [-0.05, 0) is 31.5 Å². The Morgan fingerprint density at radius 1 is 1.04 bits per heavy atom. The number of benzene rings is 1. The summed E-state index contributed by atoms with van der Waals surface area (Å²) >= 11 is 0. The first-order chi connectivity index (χ1) is 13.8. The van der Waals surface area contributed by atoms with Crippen LogP contribution in [0.3, 0.4) is 0 Å². The number of piperidine rings is 1. The van der Waals surface area contributed by atoms with Crippen molar-refractivity contribution in [2.75, 3.05) is 13.1 Å². The lowest BCUT2D eigenvalue weighted by Crippen LogP contribution is -2.34. The second kappa shape index (κ2) is 7.20. The lowest BCUT2D eigenvalue weighted by atomic mass is 9.96. The van der Waals surface area contributed by atoms with Crippen molar-refractivity contribution in [1.82, 2.24) is 29.3 Å².